The fourth-order valence-corrected chi connectivity index (χ4v) is 4.34. The van der Waals surface area contributed by atoms with Crippen LogP contribution >= 0.6 is 0 Å². The van der Waals surface area contributed by atoms with E-state index in [2.05, 4.69) is 25.2 Å². The quantitative estimate of drug-likeness (QED) is 0.0188. The fourth-order valence-electron chi connectivity index (χ4n) is 4.34. The first-order chi connectivity index (χ1) is 23.5. The lowest BCUT2D eigenvalue weighted by atomic mass is 10.2. The van der Waals surface area contributed by atoms with Gasteiger partial charge < -0.3 is 19.1 Å². The minimum atomic E-state index is -2.35. The van der Waals surface area contributed by atoms with Gasteiger partial charge in [-0.3, -0.25) is 14.9 Å². The van der Waals surface area contributed by atoms with Gasteiger partial charge in [0.2, 0.25) is 34.8 Å². The summed E-state index contributed by atoms with van der Waals surface area (Å²) in [6, 6.07) is 15.5. The van der Waals surface area contributed by atoms with Crippen LogP contribution < -0.4 is 19.1 Å². The number of esters is 1. The minimum absolute atomic E-state index is 0.0787. The number of halogens is 5. The number of carbonyl (C=O) groups is 1. The molecule has 256 valence electrons. The zero-order valence-electron chi connectivity index (χ0n) is 26.1. The molecule has 4 rings (SSSR count). The van der Waals surface area contributed by atoms with Gasteiger partial charge in [-0.2, -0.15) is 19.0 Å². The Kier molecular flexibility index (Phi) is 11.9. The Morgan fingerprint density at radius 2 is 1.22 bits per heavy atom. The SMILES string of the molecule is CCN(CCCC(=O)Oc1c(F)c(F)c(F)c(F)c1F)c1ccc(N=Nc2cc(OC)c(N=Nc3ccc([N+](=O)[O-])cc3)cc2OC)cc1. The van der Waals surface area contributed by atoms with E-state index in [1.54, 1.807) is 36.4 Å². The zero-order valence-corrected chi connectivity index (χ0v) is 26.1. The van der Waals surface area contributed by atoms with E-state index in [0.717, 1.165) is 5.69 Å². The first-order valence-electron chi connectivity index (χ1n) is 14.4. The number of anilines is 1. The van der Waals surface area contributed by atoms with E-state index >= 15 is 0 Å². The molecule has 0 amide bonds. The number of methoxy groups -OCH3 is 2. The molecule has 0 N–H and O–H groups in total. The smallest absolute Gasteiger partial charge is 0.311 e. The van der Waals surface area contributed by atoms with Gasteiger partial charge in [-0.25, -0.2) is 13.2 Å². The van der Waals surface area contributed by atoms with Crippen LogP contribution in [0, 0.1) is 39.2 Å². The monoisotopic (exact) mass is 686 g/mol. The third-order valence-corrected chi connectivity index (χ3v) is 6.88. The number of azo groups is 2. The van der Waals surface area contributed by atoms with Crippen LogP contribution in [0.1, 0.15) is 19.8 Å². The van der Waals surface area contributed by atoms with E-state index < -0.39 is 45.7 Å². The molecule has 0 aromatic heterocycles. The van der Waals surface area contributed by atoms with E-state index in [-0.39, 0.29) is 18.5 Å². The second-order valence-corrected chi connectivity index (χ2v) is 9.94. The number of nitro benzene ring substituents is 1. The van der Waals surface area contributed by atoms with Gasteiger partial charge in [0.05, 0.1) is 30.5 Å². The van der Waals surface area contributed by atoms with E-state index in [0.29, 0.717) is 47.3 Å². The van der Waals surface area contributed by atoms with Gasteiger partial charge in [0.15, 0.2) is 0 Å². The molecular formula is C32H27F5N6O6. The Morgan fingerprint density at radius 3 is 1.67 bits per heavy atom. The van der Waals surface area contributed by atoms with Crippen molar-refractivity contribution in [3.8, 4) is 17.2 Å². The Labute approximate surface area is 275 Å². The molecule has 0 spiro atoms. The molecule has 0 saturated carbocycles. The van der Waals surface area contributed by atoms with Gasteiger partial charge in [0.1, 0.15) is 22.9 Å². The summed E-state index contributed by atoms with van der Waals surface area (Å²) in [4.78, 5) is 24.3. The number of carbonyl (C=O) groups excluding carboxylic acids is 1. The number of non-ortho nitro benzene ring substituents is 1. The molecule has 0 radical (unpaired) electrons. The van der Waals surface area contributed by atoms with E-state index in [9.17, 15) is 36.9 Å². The summed E-state index contributed by atoms with van der Waals surface area (Å²) >= 11 is 0. The summed E-state index contributed by atoms with van der Waals surface area (Å²) < 4.78 is 82.9. The van der Waals surface area contributed by atoms with Gasteiger partial charge in [-0.05, 0) is 49.7 Å². The molecule has 0 heterocycles. The van der Waals surface area contributed by atoms with Gasteiger partial charge in [0, 0.05) is 49.5 Å². The van der Waals surface area contributed by atoms with E-state index in [4.69, 9.17) is 9.47 Å². The number of ether oxygens (including phenoxy) is 3. The van der Waals surface area contributed by atoms with Crippen molar-refractivity contribution < 1.29 is 45.9 Å². The third kappa shape index (κ3) is 8.68. The van der Waals surface area contributed by atoms with Crippen LogP contribution in [0.25, 0.3) is 0 Å². The van der Waals surface area contributed by atoms with Crippen molar-refractivity contribution in [2.24, 2.45) is 20.5 Å². The van der Waals surface area contributed by atoms with E-state index in [1.165, 1.54) is 38.5 Å². The highest BCUT2D eigenvalue weighted by Crippen LogP contribution is 2.41. The second kappa shape index (κ2) is 16.2. The van der Waals surface area contributed by atoms with Crippen LogP contribution in [0.3, 0.4) is 0 Å². The lowest BCUT2D eigenvalue weighted by molar-refractivity contribution is -0.384. The molecular weight excluding hydrogens is 659 g/mol. The van der Waals surface area contributed by atoms with Gasteiger partial charge in [0.25, 0.3) is 5.69 Å². The lowest BCUT2D eigenvalue weighted by Gasteiger charge is -2.23. The van der Waals surface area contributed by atoms with Crippen LogP contribution in [0.15, 0.2) is 81.1 Å². The Hall–Kier alpha value is -6.00. The molecule has 49 heavy (non-hydrogen) atoms. The predicted octanol–water partition coefficient (Wildman–Crippen LogP) is 9.35. The highest BCUT2D eigenvalue weighted by molar-refractivity contribution is 5.72. The van der Waals surface area contributed by atoms with Crippen molar-refractivity contribution in [2.45, 2.75) is 19.8 Å². The summed E-state index contributed by atoms with van der Waals surface area (Å²) in [7, 11) is 2.87. The molecule has 0 unspecified atom stereocenters. The summed E-state index contributed by atoms with van der Waals surface area (Å²) in [5.41, 5.74) is 2.17. The molecule has 0 atom stereocenters. The third-order valence-electron chi connectivity index (χ3n) is 6.88. The Balaban J connectivity index is 1.39. The van der Waals surface area contributed by atoms with Crippen molar-refractivity contribution in [2.75, 3.05) is 32.2 Å². The molecule has 4 aromatic carbocycles. The average molecular weight is 687 g/mol. The van der Waals surface area contributed by atoms with Crippen molar-refractivity contribution in [3.05, 3.63) is 99.9 Å². The van der Waals surface area contributed by atoms with Gasteiger partial charge >= 0.3 is 5.97 Å². The standard InChI is InChI=1S/C32H27F5N6O6/c1-4-42(15-5-6-26(44)49-32-30(36)28(34)27(33)29(35)31(32)37)20-11-7-18(8-12-20)38-40-22-16-25(48-3)23(17-24(22)47-2)41-39-19-9-13-21(14-10-19)43(45)46/h7-14,16-17H,4-6,15H2,1-3H3. The van der Waals surface area contributed by atoms with Crippen LogP contribution in [0.4, 0.5) is 56.1 Å². The number of nitro groups is 1. The molecule has 12 nitrogen and oxygen atoms in total. The number of nitrogens with zero attached hydrogens (tertiary/aromatic N) is 6. The normalized spacial score (nSPS) is 11.3. The molecule has 0 saturated heterocycles. The van der Waals surface area contributed by atoms with Crippen LogP contribution in [-0.2, 0) is 4.79 Å². The zero-order chi connectivity index (χ0) is 35.7. The van der Waals surface area contributed by atoms with Gasteiger partial charge in [-0.1, -0.05) is 0 Å². The highest BCUT2D eigenvalue weighted by atomic mass is 19.2. The molecule has 0 aliphatic carbocycles. The number of hydrogen-bond acceptors (Lipinski definition) is 11. The summed E-state index contributed by atoms with van der Waals surface area (Å²) in [5, 5.41) is 27.6. The van der Waals surface area contributed by atoms with Gasteiger partial charge in [-0.15, -0.1) is 10.2 Å². The van der Waals surface area contributed by atoms with Crippen LogP contribution in [0.2, 0.25) is 0 Å². The maximum atomic E-state index is 13.8. The van der Waals surface area contributed by atoms with Crippen molar-refractivity contribution in [3.63, 3.8) is 0 Å². The van der Waals surface area contributed by atoms with Crippen LogP contribution in [0.5, 0.6) is 17.2 Å². The highest BCUT2D eigenvalue weighted by Gasteiger charge is 2.28. The van der Waals surface area contributed by atoms with Crippen molar-refractivity contribution in [1.29, 1.82) is 0 Å². The maximum absolute atomic E-state index is 13.8. The van der Waals surface area contributed by atoms with Crippen molar-refractivity contribution >= 4 is 40.1 Å². The van der Waals surface area contributed by atoms with Crippen molar-refractivity contribution in [1.82, 2.24) is 0 Å². The summed E-state index contributed by atoms with van der Waals surface area (Å²) in [6.07, 6.45) is -0.209. The predicted molar refractivity (Wildman–Crippen MR) is 166 cm³/mol. The lowest BCUT2D eigenvalue weighted by Crippen LogP contribution is -2.25. The first kappa shape index (κ1) is 35.8. The topological polar surface area (TPSA) is 141 Å². The number of benzene rings is 4. The first-order valence-corrected chi connectivity index (χ1v) is 14.4. The average Bonchev–Trinajstić information content (AvgIpc) is 3.12. The Morgan fingerprint density at radius 1 is 0.755 bits per heavy atom. The fraction of sp³-hybridized carbons (Fsp3) is 0.219. The second-order valence-electron chi connectivity index (χ2n) is 9.94. The molecule has 0 aliphatic rings. The minimum Gasteiger partial charge on any atom is -0.494 e. The molecule has 0 fully saturated rings. The summed E-state index contributed by atoms with van der Waals surface area (Å²) in [6.45, 7) is 2.67. The number of hydrogen-bond donors (Lipinski definition) is 0. The van der Waals surface area contributed by atoms with Crippen LogP contribution in [-0.4, -0.2) is 38.2 Å². The molecule has 17 heteroatoms. The summed E-state index contributed by atoms with van der Waals surface area (Å²) in [5.74, 6) is -13.4. The number of rotatable bonds is 14. The Bertz CT molecular complexity index is 1860. The largest absolute Gasteiger partial charge is 0.494 e. The molecule has 4 aromatic rings. The van der Waals surface area contributed by atoms with E-state index in [1.807, 2.05) is 11.8 Å². The maximum Gasteiger partial charge on any atom is 0.311 e. The molecule has 0 bridgehead atoms. The molecule has 0 aliphatic heterocycles.